The van der Waals surface area contributed by atoms with Crippen LogP contribution in [0.3, 0.4) is 0 Å². The number of hydrogen-bond acceptors (Lipinski definition) is 4. The first-order valence-electron chi connectivity index (χ1n) is 8.34. The summed E-state index contributed by atoms with van der Waals surface area (Å²) in [6.45, 7) is 6.41. The summed E-state index contributed by atoms with van der Waals surface area (Å²) < 4.78 is 5.37. The van der Waals surface area contributed by atoms with Crippen LogP contribution in [0.2, 0.25) is 0 Å². The van der Waals surface area contributed by atoms with Gasteiger partial charge in [-0.05, 0) is 19.4 Å². The number of aliphatic imine (C=N–C) groups is 1. The highest BCUT2D eigenvalue weighted by Gasteiger charge is 2.04. The molecule has 24 heavy (non-hydrogen) atoms. The van der Waals surface area contributed by atoms with E-state index in [4.69, 9.17) is 4.74 Å². The summed E-state index contributed by atoms with van der Waals surface area (Å²) in [6.07, 6.45) is 1.90. The average molecular weight is 347 g/mol. The number of aromatic nitrogens is 1. The third kappa shape index (κ3) is 5.53. The summed E-state index contributed by atoms with van der Waals surface area (Å²) in [7, 11) is 1.68. The molecule has 1 aromatic carbocycles. The molecule has 0 saturated carbocycles. The molecule has 0 atom stereocenters. The van der Waals surface area contributed by atoms with Crippen LogP contribution in [0.4, 0.5) is 0 Å². The largest absolute Gasteiger partial charge is 0.496 e. The fraction of sp³-hybridized carbons (Fsp3) is 0.444. The maximum absolute atomic E-state index is 5.37. The molecule has 0 bridgehead atoms. The number of thiazole rings is 1. The molecule has 5 nitrogen and oxygen atoms in total. The zero-order chi connectivity index (χ0) is 17.2. The van der Waals surface area contributed by atoms with Gasteiger partial charge in [0.05, 0.1) is 24.4 Å². The molecule has 0 aliphatic heterocycles. The number of guanidine groups is 1. The van der Waals surface area contributed by atoms with Crippen LogP contribution in [0.15, 0.2) is 34.6 Å². The van der Waals surface area contributed by atoms with Crippen LogP contribution in [0.25, 0.3) is 0 Å². The minimum Gasteiger partial charge on any atom is -0.496 e. The molecule has 130 valence electrons. The van der Waals surface area contributed by atoms with Crippen LogP contribution in [0, 0.1) is 0 Å². The van der Waals surface area contributed by atoms with Gasteiger partial charge < -0.3 is 15.4 Å². The Morgan fingerprint density at radius 2 is 2.08 bits per heavy atom. The van der Waals surface area contributed by atoms with Crippen molar-refractivity contribution in [1.29, 1.82) is 0 Å². The van der Waals surface area contributed by atoms with E-state index in [0.29, 0.717) is 6.54 Å². The van der Waals surface area contributed by atoms with Gasteiger partial charge in [0, 0.05) is 30.5 Å². The van der Waals surface area contributed by atoms with Crippen molar-refractivity contribution in [1.82, 2.24) is 15.6 Å². The first-order valence-corrected chi connectivity index (χ1v) is 9.22. The Bertz CT molecular complexity index is 654. The summed E-state index contributed by atoms with van der Waals surface area (Å²) in [4.78, 5) is 9.23. The predicted octanol–water partition coefficient (Wildman–Crippen LogP) is 3.01. The number of rotatable bonds is 8. The molecular formula is C18H26N4OS. The van der Waals surface area contributed by atoms with Gasteiger partial charge in [0.1, 0.15) is 5.75 Å². The zero-order valence-electron chi connectivity index (χ0n) is 14.6. The van der Waals surface area contributed by atoms with Crippen molar-refractivity contribution in [2.45, 2.75) is 33.2 Å². The number of hydrogen-bond donors (Lipinski definition) is 2. The summed E-state index contributed by atoms with van der Waals surface area (Å²) >= 11 is 1.73. The lowest BCUT2D eigenvalue weighted by Gasteiger charge is -2.11. The highest BCUT2D eigenvalue weighted by molar-refractivity contribution is 7.09. The van der Waals surface area contributed by atoms with Crippen molar-refractivity contribution in [2.75, 3.05) is 20.2 Å². The van der Waals surface area contributed by atoms with Gasteiger partial charge in [-0.15, -0.1) is 11.3 Å². The van der Waals surface area contributed by atoms with Gasteiger partial charge in [-0.25, -0.2) is 9.98 Å². The predicted molar refractivity (Wildman–Crippen MR) is 101 cm³/mol. The second-order valence-corrected chi connectivity index (χ2v) is 6.21. The highest BCUT2D eigenvalue weighted by Crippen LogP contribution is 2.17. The van der Waals surface area contributed by atoms with Crippen molar-refractivity contribution in [2.24, 2.45) is 4.99 Å². The number of aryl methyl sites for hydroxylation is 1. The number of nitrogens with one attached hydrogen (secondary N) is 2. The minimum atomic E-state index is 0.579. The Balaban J connectivity index is 1.90. The Morgan fingerprint density at radius 3 is 2.79 bits per heavy atom. The molecule has 0 saturated heterocycles. The van der Waals surface area contributed by atoms with Gasteiger partial charge >= 0.3 is 0 Å². The maximum atomic E-state index is 5.37. The molecule has 6 heteroatoms. The van der Waals surface area contributed by atoms with Crippen LogP contribution < -0.4 is 15.4 Å². The molecule has 1 heterocycles. The minimum absolute atomic E-state index is 0.579. The first kappa shape index (κ1) is 18.3. The molecule has 0 aliphatic carbocycles. The van der Waals surface area contributed by atoms with E-state index in [2.05, 4.69) is 39.8 Å². The standard InChI is InChI=1S/C18H26N4OS/c1-4-17-22-15(13-24-17)10-11-20-18(19-5-2)21-12-14-8-6-7-9-16(14)23-3/h6-9,13H,4-5,10-12H2,1-3H3,(H2,19,20,21). The van der Waals surface area contributed by atoms with E-state index in [-0.39, 0.29) is 0 Å². The molecule has 0 spiro atoms. The molecule has 0 aliphatic rings. The lowest BCUT2D eigenvalue weighted by molar-refractivity contribution is 0.410. The SMILES string of the molecule is CCNC(=NCc1ccccc1OC)NCCc1csc(CC)n1. The average Bonchev–Trinajstić information content (AvgIpc) is 3.08. The second-order valence-electron chi connectivity index (χ2n) is 5.27. The third-order valence-electron chi connectivity index (χ3n) is 3.52. The van der Waals surface area contributed by atoms with Gasteiger partial charge in [-0.3, -0.25) is 0 Å². The quantitative estimate of drug-likeness (QED) is 0.570. The van der Waals surface area contributed by atoms with Crippen molar-refractivity contribution >= 4 is 17.3 Å². The molecule has 0 fully saturated rings. The van der Waals surface area contributed by atoms with E-state index in [0.717, 1.165) is 48.9 Å². The number of benzene rings is 1. The fourth-order valence-corrected chi connectivity index (χ4v) is 3.05. The smallest absolute Gasteiger partial charge is 0.191 e. The third-order valence-corrected chi connectivity index (χ3v) is 4.56. The molecule has 2 aromatic rings. The topological polar surface area (TPSA) is 58.5 Å². The van der Waals surface area contributed by atoms with Crippen molar-refractivity contribution in [3.8, 4) is 5.75 Å². The van der Waals surface area contributed by atoms with Crippen LogP contribution in [0.5, 0.6) is 5.75 Å². The van der Waals surface area contributed by atoms with Gasteiger partial charge in [-0.2, -0.15) is 0 Å². The second kappa shape index (κ2) is 9.93. The number of nitrogens with zero attached hydrogens (tertiary/aromatic N) is 2. The van der Waals surface area contributed by atoms with Crippen molar-refractivity contribution < 1.29 is 4.74 Å². The molecule has 1 aromatic heterocycles. The van der Waals surface area contributed by atoms with E-state index < -0.39 is 0 Å². The molecule has 2 rings (SSSR count). The van der Waals surface area contributed by atoms with Gasteiger partial charge in [0.2, 0.25) is 0 Å². The summed E-state index contributed by atoms with van der Waals surface area (Å²) in [6, 6.07) is 7.96. The Labute approximate surface area is 148 Å². The summed E-state index contributed by atoms with van der Waals surface area (Å²) in [5.41, 5.74) is 2.22. The summed E-state index contributed by atoms with van der Waals surface area (Å²) in [5.74, 6) is 1.68. The monoisotopic (exact) mass is 346 g/mol. The van der Waals surface area contributed by atoms with Crippen LogP contribution in [-0.4, -0.2) is 31.1 Å². The Morgan fingerprint density at radius 1 is 1.25 bits per heavy atom. The number of para-hydroxylation sites is 1. The molecular weight excluding hydrogens is 320 g/mol. The molecule has 0 amide bonds. The van der Waals surface area contributed by atoms with Crippen LogP contribution >= 0.6 is 11.3 Å². The van der Waals surface area contributed by atoms with E-state index in [1.807, 2.05) is 24.3 Å². The summed E-state index contributed by atoms with van der Waals surface area (Å²) in [5, 5.41) is 9.97. The number of methoxy groups -OCH3 is 1. The Kier molecular flexibility index (Phi) is 7.55. The Hall–Kier alpha value is -2.08. The van der Waals surface area contributed by atoms with Crippen molar-refractivity contribution in [3.05, 3.63) is 45.9 Å². The van der Waals surface area contributed by atoms with Gasteiger partial charge in [0.25, 0.3) is 0 Å². The van der Waals surface area contributed by atoms with E-state index >= 15 is 0 Å². The highest BCUT2D eigenvalue weighted by atomic mass is 32.1. The van der Waals surface area contributed by atoms with Gasteiger partial charge in [-0.1, -0.05) is 25.1 Å². The van der Waals surface area contributed by atoms with Gasteiger partial charge in [0.15, 0.2) is 5.96 Å². The maximum Gasteiger partial charge on any atom is 0.191 e. The lowest BCUT2D eigenvalue weighted by atomic mass is 10.2. The molecule has 0 radical (unpaired) electrons. The van der Waals surface area contributed by atoms with E-state index in [1.165, 1.54) is 5.01 Å². The van der Waals surface area contributed by atoms with Crippen LogP contribution in [0.1, 0.15) is 30.1 Å². The molecule has 0 unspecified atom stereocenters. The fourth-order valence-electron chi connectivity index (χ4n) is 2.27. The zero-order valence-corrected chi connectivity index (χ0v) is 15.4. The molecule has 2 N–H and O–H groups in total. The normalized spacial score (nSPS) is 11.4. The van der Waals surface area contributed by atoms with Crippen LogP contribution in [-0.2, 0) is 19.4 Å². The van der Waals surface area contributed by atoms with E-state index in [1.54, 1.807) is 18.4 Å². The number of ether oxygens (including phenoxy) is 1. The first-order chi connectivity index (χ1) is 11.8. The van der Waals surface area contributed by atoms with E-state index in [9.17, 15) is 0 Å². The van der Waals surface area contributed by atoms with Crippen molar-refractivity contribution in [3.63, 3.8) is 0 Å². The lowest BCUT2D eigenvalue weighted by Crippen LogP contribution is -2.38.